The average Bonchev–Trinajstić information content (AvgIpc) is 2.61. The molecule has 0 radical (unpaired) electrons. The van der Waals surface area contributed by atoms with Gasteiger partial charge in [-0.2, -0.15) is 0 Å². The third kappa shape index (κ3) is 3.99. The van der Waals surface area contributed by atoms with Crippen LogP contribution in [0.3, 0.4) is 0 Å². The molecule has 3 rings (SSSR count). The van der Waals surface area contributed by atoms with Crippen molar-refractivity contribution in [1.82, 2.24) is 14.9 Å². The molecule has 1 aliphatic heterocycles. The molecule has 1 aliphatic rings. The second-order valence-corrected chi connectivity index (χ2v) is 6.17. The van der Waals surface area contributed by atoms with Gasteiger partial charge < -0.3 is 9.88 Å². The predicted octanol–water partition coefficient (Wildman–Crippen LogP) is 2.09. The van der Waals surface area contributed by atoms with Crippen molar-refractivity contribution in [2.75, 3.05) is 37.6 Å². The molecule has 1 atom stereocenters. The van der Waals surface area contributed by atoms with E-state index in [1.54, 1.807) is 12.4 Å². The number of hydrogen-bond acceptors (Lipinski definition) is 4. The van der Waals surface area contributed by atoms with Crippen LogP contribution < -0.4 is 10.5 Å². The molecule has 0 spiro atoms. The van der Waals surface area contributed by atoms with Gasteiger partial charge in [0.1, 0.15) is 0 Å². The van der Waals surface area contributed by atoms with Gasteiger partial charge in [-0.25, -0.2) is 4.98 Å². The molecule has 0 amide bonds. The van der Waals surface area contributed by atoms with E-state index < -0.39 is 0 Å². The van der Waals surface area contributed by atoms with Crippen LogP contribution in [0.2, 0.25) is 0 Å². The summed E-state index contributed by atoms with van der Waals surface area (Å²) in [5.41, 5.74) is 1.31. The van der Waals surface area contributed by atoms with Crippen molar-refractivity contribution in [3.63, 3.8) is 0 Å². The van der Waals surface area contributed by atoms with Crippen molar-refractivity contribution in [2.24, 2.45) is 0 Å². The van der Waals surface area contributed by atoms with Gasteiger partial charge in [0.15, 0.2) is 5.82 Å². The second kappa shape index (κ2) is 7.42. The van der Waals surface area contributed by atoms with Crippen LogP contribution in [0.1, 0.15) is 24.8 Å². The normalized spacial score (nSPS) is 17.2. The fourth-order valence-corrected chi connectivity index (χ4v) is 3.08. The van der Waals surface area contributed by atoms with Crippen LogP contribution in [-0.4, -0.2) is 47.6 Å². The summed E-state index contributed by atoms with van der Waals surface area (Å²) in [6.07, 6.45) is 4.38. The maximum atomic E-state index is 11.8. The summed E-state index contributed by atoms with van der Waals surface area (Å²) in [6, 6.07) is 10.7. The fourth-order valence-electron chi connectivity index (χ4n) is 3.08. The quantitative estimate of drug-likeness (QED) is 0.918. The van der Waals surface area contributed by atoms with E-state index in [1.165, 1.54) is 5.56 Å². The molecule has 5 heteroatoms. The van der Waals surface area contributed by atoms with Gasteiger partial charge in [-0.3, -0.25) is 9.69 Å². The Hall–Kier alpha value is -2.14. The molecule has 1 N–H and O–H groups in total. The minimum atomic E-state index is -0.0985. The van der Waals surface area contributed by atoms with E-state index in [2.05, 4.69) is 57.0 Å². The average molecular weight is 312 g/mol. The Morgan fingerprint density at radius 2 is 1.91 bits per heavy atom. The second-order valence-electron chi connectivity index (χ2n) is 6.17. The highest BCUT2D eigenvalue weighted by atomic mass is 16.1. The van der Waals surface area contributed by atoms with Crippen LogP contribution in [0, 0.1) is 0 Å². The summed E-state index contributed by atoms with van der Waals surface area (Å²) in [7, 11) is 0. The molecule has 1 aromatic heterocycles. The van der Waals surface area contributed by atoms with Gasteiger partial charge in [-0.05, 0) is 24.4 Å². The molecule has 0 aliphatic carbocycles. The van der Waals surface area contributed by atoms with E-state index in [9.17, 15) is 4.79 Å². The molecule has 5 nitrogen and oxygen atoms in total. The molecular formula is C18H24N4O. The lowest BCUT2D eigenvalue weighted by atomic mass is 9.97. The molecule has 2 heterocycles. The number of anilines is 1. The largest absolute Gasteiger partial charge is 0.349 e. The Morgan fingerprint density at radius 1 is 1.17 bits per heavy atom. The topological polar surface area (TPSA) is 52.2 Å². The molecule has 1 unspecified atom stereocenters. The lowest BCUT2D eigenvalue weighted by Gasteiger charge is -2.35. The molecule has 0 bridgehead atoms. The molecule has 122 valence electrons. The van der Waals surface area contributed by atoms with Gasteiger partial charge in [-0.15, -0.1) is 0 Å². The number of nitrogens with one attached hydrogen (secondary N) is 1. The fraction of sp³-hybridized carbons (Fsp3) is 0.444. The van der Waals surface area contributed by atoms with Gasteiger partial charge in [0.2, 0.25) is 0 Å². The summed E-state index contributed by atoms with van der Waals surface area (Å²) in [6.45, 7) is 7.08. The lowest BCUT2D eigenvalue weighted by molar-refractivity contribution is 0.249. The van der Waals surface area contributed by atoms with Crippen molar-refractivity contribution in [2.45, 2.75) is 19.3 Å². The zero-order chi connectivity index (χ0) is 16.1. The Bertz CT molecular complexity index is 662. The van der Waals surface area contributed by atoms with Crippen LogP contribution in [0.15, 0.2) is 47.5 Å². The number of benzene rings is 1. The Balaban J connectivity index is 1.48. The van der Waals surface area contributed by atoms with Gasteiger partial charge >= 0.3 is 0 Å². The van der Waals surface area contributed by atoms with Crippen molar-refractivity contribution in [1.29, 1.82) is 0 Å². The Morgan fingerprint density at radius 3 is 2.61 bits per heavy atom. The molecule has 0 saturated carbocycles. The Labute approximate surface area is 137 Å². The standard InChI is InChI=1S/C18H24N4O/c1-15(16-5-3-2-4-6-16)7-10-21-11-13-22(14-12-21)17-18(23)20-9-8-19-17/h2-6,8-9,15H,7,10-14H2,1H3,(H,20,23). The van der Waals surface area contributed by atoms with Crippen molar-refractivity contribution >= 4 is 5.82 Å². The highest BCUT2D eigenvalue weighted by molar-refractivity contribution is 5.35. The maximum absolute atomic E-state index is 11.8. The molecule has 1 fully saturated rings. The monoisotopic (exact) mass is 312 g/mol. The first kappa shape index (κ1) is 15.7. The third-order valence-electron chi connectivity index (χ3n) is 4.61. The van der Waals surface area contributed by atoms with Crippen molar-refractivity contribution < 1.29 is 0 Å². The number of nitrogens with zero attached hydrogens (tertiary/aromatic N) is 3. The van der Waals surface area contributed by atoms with Gasteiger partial charge in [-0.1, -0.05) is 37.3 Å². The number of rotatable bonds is 5. The Kier molecular flexibility index (Phi) is 5.08. The minimum absolute atomic E-state index is 0.0985. The number of hydrogen-bond donors (Lipinski definition) is 1. The van der Waals surface area contributed by atoms with Crippen LogP contribution in [0.5, 0.6) is 0 Å². The summed E-state index contributed by atoms with van der Waals surface area (Å²) in [5, 5.41) is 0. The van der Waals surface area contributed by atoms with Gasteiger partial charge in [0.05, 0.1) is 0 Å². The first-order valence-electron chi connectivity index (χ1n) is 8.30. The summed E-state index contributed by atoms with van der Waals surface area (Å²) < 4.78 is 0. The van der Waals surface area contributed by atoms with Crippen LogP contribution in [0.25, 0.3) is 0 Å². The number of H-pyrrole nitrogens is 1. The molecule has 1 aromatic carbocycles. The van der Waals surface area contributed by atoms with Gasteiger partial charge in [0.25, 0.3) is 5.56 Å². The molecule has 2 aromatic rings. The molecule has 23 heavy (non-hydrogen) atoms. The first-order valence-corrected chi connectivity index (χ1v) is 8.30. The van der Waals surface area contributed by atoms with E-state index in [4.69, 9.17) is 0 Å². The molecule has 1 saturated heterocycles. The predicted molar refractivity (Wildman–Crippen MR) is 93.0 cm³/mol. The highest BCUT2D eigenvalue weighted by Gasteiger charge is 2.20. The number of aromatic amines is 1. The number of aromatic nitrogens is 2. The lowest BCUT2D eigenvalue weighted by Crippen LogP contribution is -2.48. The van der Waals surface area contributed by atoms with Crippen LogP contribution in [0.4, 0.5) is 5.82 Å². The van der Waals surface area contributed by atoms with E-state index in [0.29, 0.717) is 11.7 Å². The highest BCUT2D eigenvalue weighted by Crippen LogP contribution is 2.19. The van der Waals surface area contributed by atoms with E-state index >= 15 is 0 Å². The summed E-state index contributed by atoms with van der Waals surface area (Å²) in [5.74, 6) is 1.12. The van der Waals surface area contributed by atoms with E-state index in [1.807, 2.05) is 0 Å². The smallest absolute Gasteiger partial charge is 0.290 e. The SMILES string of the molecule is CC(CCN1CCN(c2ncc[nH]c2=O)CC1)c1ccccc1. The maximum Gasteiger partial charge on any atom is 0.290 e. The first-order chi connectivity index (χ1) is 11.2. The molecular weight excluding hydrogens is 288 g/mol. The van der Waals surface area contributed by atoms with E-state index in [-0.39, 0.29) is 5.56 Å². The van der Waals surface area contributed by atoms with Crippen LogP contribution in [-0.2, 0) is 0 Å². The minimum Gasteiger partial charge on any atom is -0.349 e. The zero-order valence-corrected chi connectivity index (χ0v) is 13.6. The summed E-state index contributed by atoms with van der Waals surface area (Å²) >= 11 is 0. The van der Waals surface area contributed by atoms with E-state index in [0.717, 1.165) is 39.1 Å². The number of piperazine rings is 1. The van der Waals surface area contributed by atoms with Crippen LogP contribution >= 0.6 is 0 Å². The van der Waals surface area contributed by atoms with Gasteiger partial charge in [0, 0.05) is 38.6 Å². The van der Waals surface area contributed by atoms with Crippen molar-refractivity contribution in [3.8, 4) is 0 Å². The summed E-state index contributed by atoms with van der Waals surface area (Å²) in [4.78, 5) is 23.3. The zero-order valence-electron chi connectivity index (χ0n) is 13.6. The van der Waals surface area contributed by atoms with Crippen molar-refractivity contribution in [3.05, 3.63) is 58.6 Å². The third-order valence-corrected chi connectivity index (χ3v) is 4.61.